The molecular formula is C23H21F5N4O. The van der Waals surface area contributed by atoms with Crippen LogP contribution < -0.4 is 10.6 Å². The summed E-state index contributed by atoms with van der Waals surface area (Å²) < 4.78 is 69.0. The first kappa shape index (κ1) is 22.8. The Balaban J connectivity index is 1.60. The predicted molar refractivity (Wildman–Crippen MR) is 112 cm³/mol. The van der Waals surface area contributed by atoms with Crippen molar-refractivity contribution in [2.45, 2.75) is 44.6 Å². The third kappa shape index (κ3) is 4.84. The summed E-state index contributed by atoms with van der Waals surface area (Å²) in [5.41, 5.74) is 1.81. The first-order valence-electron chi connectivity index (χ1n) is 10.4. The smallest absolute Gasteiger partial charge is 0.363 e. The topological polar surface area (TPSA) is 59.0 Å². The quantitative estimate of drug-likeness (QED) is 0.503. The minimum absolute atomic E-state index is 0.0592. The lowest BCUT2D eigenvalue weighted by atomic mass is 9.95. The lowest BCUT2D eigenvalue weighted by Gasteiger charge is -2.34. The van der Waals surface area contributed by atoms with Crippen LogP contribution in [0.15, 0.2) is 48.7 Å². The monoisotopic (exact) mass is 464 g/mol. The van der Waals surface area contributed by atoms with Gasteiger partial charge < -0.3 is 10.6 Å². The van der Waals surface area contributed by atoms with Gasteiger partial charge in [-0.1, -0.05) is 31.2 Å². The minimum Gasteiger partial charge on any atom is -0.363 e. The molecule has 0 fully saturated rings. The van der Waals surface area contributed by atoms with Crippen LogP contribution in [0.4, 0.5) is 27.8 Å². The molecule has 2 aromatic carbocycles. The van der Waals surface area contributed by atoms with Crippen LogP contribution in [0.1, 0.15) is 52.5 Å². The van der Waals surface area contributed by atoms with E-state index in [4.69, 9.17) is 0 Å². The summed E-state index contributed by atoms with van der Waals surface area (Å²) in [5.74, 6) is -2.37. The van der Waals surface area contributed by atoms with Gasteiger partial charge >= 0.3 is 6.18 Å². The van der Waals surface area contributed by atoms with Crippen molar-refractivity contribution in [3.05, 3.63) is 82.5 Å². The molecule has 0 saturated heterocycles. The van der Waals surface area contributed by atoms with Gasteiger partial charge in [0.1, 0.15) is 23.0 Å². The number of hydrogen-bond donors (Lipinski definition) is 2. The molecule has 2 atom stereocenters. The number of carbonyl (C=O) groups is 1. The molecule has 2 heterocycles. The van der Waals surface area contributed by atoms with Gasteiger partial charge in [0, 0.05) is 19.0 Å². The molecule has 1 amide bonds. The third-order valence-electron chi connectivity index (χ3n) is 5.65. The van der Waals surface area contributed by atoms with Crippen LogP contribution >= 0.6 is 0 Å². The summed E-state index contributed by atoms with van der Waals surface area (Å²) in [6.07, 6.45) is -2.99. The summed E-state index contributed by atoms with van der Waals surface area (Å²) in [4.78, 5) is 12.7. The Kier molecular flexibility index (Phi) is 6.09. The molecule has 1 aromatic heterocycles. The SMILES string of the molecule is CCc1ccc([C@@H]2C[C@H](C(F)(F)F)n3ncc(C(=O)NCc4cc(F)cc(F)c4)c3N2)cc1. The van der Waals surface area contributed by atoms with E-state index in [1.54, 1.807) is 12.1 Å². The zero-order valence-corrected chi connectivity index (χ0v) is 17.6. The number of aryl methyl sites for hydroxylation is 1. The largest absolute Gasteiger partial charge is 0.410 e. The number of amides is 1. The van der Waals surface area contributed by atoms with E-state index in [-0.39, 0.29) is 29.9 Å². The van der Waals surface area contributed by atoms with Gasteiger partial charge in [0.05, 0.1) is 12.2 Å². The number of rotatable bonds is 5. The molecule has 0 aliphatic carbocycles. The van der Waals surface area contributed by atoms with E-state index < -0.39 is 35.8 Å². The Morgan fingerprint density at radius 3 is 2.39 bits per heavy atom. The molecule has 5 nitrogen and oxygen atoms in total. The predicted octanol–water partition coefficient (Wildman–Crippen LogP) is 5.31. The molecule has 174 valence electrons. The summed E-state index contributed by atoms with van der Waals surface area (Å²) in [5, 5.41) is 9.32. The summed E-state index contributed by atoms with van der Waals surface area (Å²) in [6, 6.07) is 7.49. The highest BCUT2D eigenvalue weighted by Gasteiger charge is 2.47. The summed E-state index contributed by atoms with van der Waals surface area (Å²) in [7, 11) is 0. The van der Waals surface area contributed by atoms with E-state index in [0.29, 0.717) is 11.6 Å². The fraction of sp³-hybridized carbons (Fsp3) is 0.304. The molecule has 1 aliphatic rings. The number of alkyl halides is 3. The Bertz CT molecular complexity index is 1140. The number of fused-ring (bicyclic) bond motifs is 1. The van der Waals surface area contributed by atoms with E-state index >= 15 is 0 Å². The molecule has 0 spiro atoms. The van der Waals surface area contributed by atoms with Crippen LogP contribution in [0.25, 0.3) is 0 Å². The van der Waals surface area contributed by atoms with Crippen LogP contribution in [-0.2, 0) is 13.0 Å². The van der Waals surface area contributed by atoms with Crippen molar-refractivity contribution in [2.75, 3.05) is 5.32 Å². The van der Waals surface area contributed by atoms with Crippen LogP contribution in [0.2, 0.25) is 0 Å². The second-order valence-electron chi connectivity index (χ2n) is 7.90. The number of aromatic nitrogens is 2. The third-order valence-corrected chi connectivity index (χ3v) is 5.65. The van der Waals surface area contributed by atoms with Crippen LogP contribution in [0.5, 0.6) is 0 Å². The molecule has 0 radical (unpaired) electrons. The fourth-order valence-electron chi connectivity index (χ4n) is 3.92. The normalized spacial score (nSPS) is 17.9. The van der Waals surface area contributed by atoms with Gasteiger partial charge in [-0.2, -0.15) is 18.3 Å². The van der Waals surface area contributed by atoms with E-state index in [9.17, 15) is 26.7 Å². The van der Waals surface area contributed by atoms with Crippen LogP contribution in [-0.4, -0.2) is 21.9 Å². The molecule has 33 heavy (non-hydrogen) atoms. The van der Waals surface area contributed by atoms with Gasteiger partial charge in [-0.3, -0.25) is 4.79 Å². The lowest BCUT2D eigenvalue weighted by molar-refractivity contribution is -0.173. The highest BCUT2D eigenvalue weighted by molar-refractivity contribution is 5.98. The van der Waals surface area contributed by atoms with Crippen molar-refractivity contribution in [3.63, 3.8) is 0 Å². The molecule has 1 aliphatic heterocycles. The number of hydrogen-bond acceptors (Lipinski definition) is 3. The second kappa shape index (κ2) is 8.84. The minimum atomic E-state index is -4.57. The van der Waals surface area contributed by atoms with E-state index in [0.717, 1.165) is 35.0 Å². The molecule has 0 saturated carbocycles. The zero-order valence-electron chi connectivity index (χ0n) is 17.6. The number of benzene rings is 2. The maximum atomic E-state index is 13.8. The maximum absolute atomic E-state index is 13.8. The Labute approximate surface area is 186 Å². The van der Waals surface area contributed by atoms with Gasteiger partial charge in [-0.25, -0.2) is 13.5 Å². The average Bonchev–Trinajstić information content (AvgIpc) is 3.19. The number of carbonyl (C=O) groups excluding carboxylic acids is 1. The second-order valence-corrected chi connectivity index (χ2v) is 7.90. The lowest BCUT2D eigenvalue weighted by Crippen LogP contribution is -2.36. The number of halogens is 5. The zero-order chi connectivity index (χ0) is 23.8. The molecule has 2 N–H and O–H groups in total. The molecule has 3 aromatic rings. The number of nitrogens with zero attached hydrogens (tertiary/aromatic N) is 2. The first-order valence-corrected chi connectivity index (χ1v) is 10.4. The van der Waals surface area contributed by atoms with Crippen molar-refractivity contribution in [1.82, 2.24) is 15.1 Å². The average molecular weight is 464 g/mol. The Morgan fingerprint density at radius 2 is 1.79 bits per heavy atom. The van der Waals surface area contributed by atoms with Gasteiger partial charge in [-0.05, 0) is 35.2 Å². The van der Waals surface area contributed by atoms with Crippen molar-refractivity contribution < 1.29 is 26.7 Å². The van der Waals surface area contributed by atoms with Crippen molar-refractivity contribution in [2.24, 2.45) is 0 Å². The van der Waals surface area contributed by atoms with Gasteiger partial charge in [0.15, 0.2) is 6.04 Å². The number of nitrogens with one attached hydrogen (secondary N) is 2. The highest BCUT2D eigenvalue weighted by atomic mass is 19.4. The van der Waals surface area contributed by atoms with E-state index in [2.05, 4.69) is 15.7 Å². The Morgan fingerprint density at radius 1 is 1.12 bits per heavy atom. The molecule has 4 rings (SSSR count). The van der Waals surface area contributed by atoms with E-state index in [1.807, 2.05) is 19.1 Å². The first-order chi connectivity index (χ1) is 15.7. The van der Waals surface area contributed by atoms with Crippen LogP contribution in [0.3, 0.4) is 0 Å². The molecular weight excluding hydrogens is 443 g/mol. The molecule has 10 heteroatoms. The van der Waals surface area contributed by atoms with Gasteiger partial charge in [0.2, 0.25) is 0 Å². The van der Waals surface area contributed by atoms with Crippen molar-refractivity contribution in [1.29, 1.82) is 0 Å². The Hall–Kier alpha value is -3.43. The van der Waals surface area contributed by atoms with Gasteiger partial charge in [0.25, 0.3) is 5.91 Å². The maximum Gasteiger partial charge on any atom is 0.410 e. The molecule has 0 bridgehead atoms. The molecule has 0 unspecified atom stereocenters. The van der Waals surface area contributed by atoms with Crippen molar-refractivity contribution in [3.8, 4) is 0 Å². The van der Waals surface area contributed by atoms with Crippen LogP contribution in [0, 0.1) is 11.6 Å². The summed E-state index contributed by atoms with van der Waals surface area (Å²) in [6.45, 7) is 1.78. The fourth-order valence-corrected chi connectivity index (χ4v) is 3.92. The standard InChI is InChI=1S/C23H21F5N4O/c1-2-13-3-5-15(6-4-13)19-10-20(23(26,27)28)32-21(31-19)18(12-30-32)22(33)29-11-14-7-16(24)9-17(25)8-14/h3-9,12,19-20,31H,2,10-11H2,1H3,(H,29,33)/t19-,20+/m0/s1. The summed E-state index contributed by atoms with van der Waals surface area (Å²) >= 11 is 0. The highest BCUT2D eigenvalue weighted by Crippen LogP contribution is 2.44. The van der Waals surface area contributed by atoms with Crippen molar-refractivity contribution >= 4 is 11.7 Å². The van der Waals surface area contributed by atoms with Gasteiger partial charge in [-0.15, -0.1) is 0 Å². The van der Waals surface area contributed by atoms with E-state index in [1.165, 1.54) is 0 Å². The number of anilines is 1.